The molecule has 25 heavy (non-hydrogen) atoms. The molecule has 0 spiro atoms. The number of thiophene rings is 1. The molecule has 3 N–H and O–H groups in total. The van der Waals surface area contributed by atoms with Crippen molar-refractivity contribution in [2.75, 3.05) is 0 Å². The van der Waals surface area contributed by atoms with Crippen LogP contribution in [0.1, 0.15) is 45.9 Å². The summed E-state index contributed by atoms with van der Waals surface area (Å²) < 4.78 is 21.4. The Balaban J connectivity index is 3.02. The molecule has 0 bridgehead atoms. The fourth-order valence-electron chi connectivity index (χ4n) is 1.97. The fourth-order valence-corrected chi connectivity index (χ4v) is 4.15. The van der Waals surface area contributed by atoms with E-state index < -0.39 is 33.6 Å². The molecule has 1 aromatic heterocycles. The van der Waals surface area contributed by atoms with Crippen molar-refractivity contribution in [1.82, 2.24) is 5.32 Å². The van der Waals surface area contributed by atoms with Crippen molar-refractivity contribution >= 4 is 33.3 Å². The van der Waals surface area contributed by atoms with E-state index >= 15 is 0 Å². The van der Waals surface area contributed by atoms with E-state index in [1.807, 2.05) is 20.8 Å². The first-order chi connectivity index (χ1) is 11.3. The molecule has 9 heteroatoms. The molecular formula is C16H27N3O4S2. The highest BCUT2D eigenvalue weighted by Crippen LogP contribution is 2.19. The third-order valence-electron chi connectivity index (χ3n) is 2.97. The standard InChI is InChI=1S/C16H27N3O4S2/c1-10(2)7-13(18-15(21)23-16(4,5)6)14(20)19-25(17,22)12-8-11(3)24-9-12/h8-10,13H,7H2,1-6H3,(H,18,21)(H2,17,19,20,22)/t13-,25?/m0/s1. The number of hydrogen-bond donors (Lipinski definition) is 2. The topological polar surface area (TPSA) is 111 Å². The van der Waals surface area contributed by atoms with Crippen molar-refractivity contribution in [2.45, 2.75) is 64.5 Å². The molecule has 1 aromatic rings. The van der Waals surface area contributed by atoms with Crippen molar-refractivity contribution in [3.8, 4) is 0 Å². The Hall–Kier alpha value is -1.45. The highest BCUT2D eigenvalue weighted by molar-refractivity contribution is 7.91. The summed E-state index contributed by atoms with van der Waals surface area (Å²) in [7, 11) is -3.35. The lowest BCUT2D eigenvalue weighted by Crippen LogP contribution is -2.44. The molecule has 2 atom stereocenters. The molecule has 0 aliphatic heterocycles. The quantitative estimate of drug-likeness (QED) is 0.805. The zero-order chi connectivity index (χ0) is 19.4. The van der Waals surface area contributed by atoms with Crippen LogP contribution in [0.2, 0.25) is 0 Å². The Bertz CT molecular complexity index is 741. The molecule has 7 nitrogen and oxygen atoms in total. The Labute approximate surface area is 153 Å². The van der Waals surface area contributed by atoms with E-state index in [1.54, 1.807) is 32.2 Å². The number of rotatable bonds is 5. The molecule has 0 aromatic carbocycles. The molecule has 0 fully saturated rings. The number of amides is 2. The van der Waals surface area contributed by atoms with Crippen LogP contribution < -0.4 is 10.5 Å². The summed E-state index contributed by atoms with van der Waals surface area (Å²) in [6, 6.07) is 0.696. The van der Waals surface area contributed by atoms with Crippen LogP contribution in [0.4, 0.5) is 4.79 Å². The first-order valence-corrected chi connectivity index (χ1v) is 10.4. The van der Waals surface area contributed by atoms with Crippen LogP contribution in [0.5, 0.6) is 0 Å². The van der Waals surface area contributed by atoms with Gasteiger partial charge in [0, 0.05) is 10.3 Å². The van der Waals surface area contributed by atoms with Crippen LogP contribution in [0.15, 0.2) is 20.7 Å². The lowest BCUT2D eigenvalue weighted by molar-refractivity contribution is -0.120. The van der Waals surface area contributed by atoms with Gasteiger partial charge in [-0.15, -0.1) is 15.7 Å². The fraction of sp³-hybridized carbons (Fsp3) is 0.625. The van der Waals surface area contributed by atoms with Gasteiger partial charge < -0.3 is 10.1 Å². The minimum atomic E-state index is -3.35. The molecular weight excluding hydrogens is 362 g/mol. The Morgan fingerprint density at radius 2 is 2.00 bits per heavy atom. The van der Waals surface area contributed by atoms with Crippen molar-refractivity contribution in [3.05, 3.63) is 16.3 Å². The number of nitrogens with two attached hydrogens (primary N) is 1. The zero-order valence-corrected chi connectivity index (χ0v) is 17.1. The summed E-state index contributed by atoms with van der Waals surface area (Å²) in [5, 5.41) is 9.88. The molecule has 1 rings (SSSR count). The van der Waals surface area contributed by atoms with Gasteiger partial charge in [0.15, 0.2) is 0 Å². The van der Waals surface area contributed by atoms with Crippen molar-refractivity contribution < 1.29 is 18.5 Å². The largest absolute Gasteiger partial charge is 0.444 e. The number of alkyl carbamates (subject to hydrolysis) is 1. The summed E-state index contributed by atoms with van der Waals surface area (Å²) in [5.41, 5.74) is -0.692. The van der Waals surface area contributed by atoms with Crippen molar-refractivity contribution in [2.24, 2.45) is 15.4 Å². The zero-order valence-electron chi connectivity index (χ0n) is 15.5. The number of nitrogens with zero attached hydrogens (tertiary/aromatic N) is 1. The molecule has 0 aliphatic rings. The van der Waals surface area contributed by atoms with E-state index in [2.05, 4.69) is 9.68 Å². The smallest absolute Gasteiger partial charge is 0.408 e. The van der Waals surface area contributed by atoms with Gasteiger partial charge in [0.25, 0.3) is 5.91 Å². The van der Waals surface area contributed by atoms with Crippen LogP contribution >= 0.6 is 11.3 Å². The first kappa shape index (κ1) is 21.6. The van der Waals surface area contributed by atoms with Gasteiger partial charge in [0.1, 0.15) is 21.6 Å². The lowest BCUT2D eigenvalue weighted by Gasteiger charge is -2.23. The second kappa shape index (κ2) is 8.29. The third-order valence-corrected chi connectivity index (χ3v) is 5.34. The third kappa shape index (κ3) is 7.54. The minimum absolute atomic E-state index is 0.108. The monoisotopic (exact) mass is 389 g/mol. The Morgan fingerprint density at radius 1 is 1.40 bits per heavy atom. The average molecular weight is 390 g/mol. The molecule has 0 radical (unpaired) electrons. The second-order valence-electron chi connectivity index (χ2n) is 7.22. The molecule has 142 valence electrons. The van der Waals surface area contributed by atoms with Crippen LogP contribution in [-0.4, -0.2) is 27.9 Å². The molecule has 1 unspecified atom stereocenters. The summed E-state index contributed by atoms with van der Waals surface area (Å²) in [6.45, 7) is 10.8. The number of nitrogens with one attached hydrogen (secondary N) is 1. The SMILES string of the molecule is Cc1cc(S(N)(=O)=NC(=O)[C@H](CC(C)C)NC(=O)OC(C)(C)C)cs1. The van der Waals surface area contributed by atoms with E-state index in [-0.39, 0.29) is 5.92 Å². The second-order valence-corrected chi connectivity index (χ2v) is 10.1. The van der Waals surface area contributed by atoms with Gasteiger partial charge in [0.2, 0.25) is 0 Å². The molecule has 0 saturated heterocycles. The minimum Gasteiger partial charge on any atom is -0.444 e. The van der Waals surface area contributed by atoms with E-state index in [0.29, 0.717) is 11.3 Å². The maximum atomic E-state index is 12.6. The average Bonchev–Trinajstić information content (AvgIpc) is 2.82. The van der Waals surface area contributed by atoms with Crippen molar-refractivity contribution in [3.63, 3.8) is 0 Å². The van der Waals surface area contributed by atoms with E-state index in [4.69, 9.17) is 9.88 Å². The normalized spacial score (nSPS) is 15.4. The van der Waals surface area contributed by atoms with Crippen LogP contribution in [0.25, 0.3) is 0 Å². The van der Waals surface area contributed by atoms with Crippen molar-refractivity contribution in [1.29, 1.82) is 0 Å². The predicted molar refractivity (Wildman–Crippen MR) is 99.7 cm³/mol. The van der Waals surface area contributed by atoms with E-state index in [1.165, 1.54) is 11.3 Å². The highest BCUT2D eigenvalue weighted by Gasteiger charge is 2.26. The number of carbonyl (C=O) groups is 2. The van der Waals surface area contributed by atoms with Gasteiger partial charge in [-0.25, -0.2) is 14.1 Å². The first-order valence-electron chi connectivity index (χ1n) is 7.93. The van der Waals surface area contributed by atoms with Crippen LogP contribution in [-0.2, 0) is 19.4 Å². The summed E-state index contributed by atoms with van der Waals surface area (Å²) in [5.74, 6) is -0.618. The van der Waals surface area contributed by atoms with Crippen LogP contribution in [0.3, 0.4) is 0 Å². The molecule has 1 heterocycles. The van der Waals surface area contributed by atoms with Gasteiger partial charge in [-0.3, -0.25) is 4.79 Å². The number of aryl methyl sites for hydroxylation is 1. The van der Waals surface area contributed by atoms with Crippen LogP contribution in [0, 0.1) is 12.8 Å². The maximum absolute atomic E-state index is 12.6. The van der Waals surface area contributed by atoms with Gasteiger partial charge in [-0.1, -0.05) is 13.8 Å². The van der Waals surface area contributed by atoms with Gasteiger partial charge >= 0.3 is 6.09 Å². The van der Waals surface area contributed by atoms with Gasteiger partial charge in [-0.2, -0.15) is 0 Å². The molecule has 0 saturated carbocycles. The maximum Gasteiger partial charge on any atom is 0.408 e. The lowest BCUT2D eigenvalue weighted by atomic mass is 10.0. The number of carbonyl (C=O) groups excluding carboxylic acids is 2. The number of hydrogen-bond acceptors (Lipinski definition) is 5. The number of ether oxygens (including phenoxy) is 1. The van der Waals surface area contributed by atoms with E-state index in [9.17, 15) is 13.8 Å². The van der Waals surface area contributed by atoms with Gasteiger partial charge in [-0.05, 0) is 46.1 Å². The van der Waals surface area contributed by atoms with E-state index in [0.717, 1.165) is 4.88 Å². The Kier molecular flexibility index (Phi) is 7.16. The summed E-state index contributed by atoms with van der Waals surface area (Å²) >= 11 is 1.37. The highest BCUT2D eigenvalue weighted by atomic mass is 32.2. The summed E-state index contributed by atoms with van der Waals surface area (Å²) in [4.78, 5) is 25.7. The Morgan fingerprint density at radius 3 is 2.44 bits per heavy atom. The van der Waals surface area contributed by atoms with Gasteiger partial charge in [0.05, 0.1) is 4.90 Å². The molecule has 0 aliphatic carbocycles. The summed E-state index contributed by atoms with van der Waals surface area (Å²) in [6.07, 6.45) is -0.392. The molecule has 2 amide bonds. The predicted octanol–water partition coefficient (Wildman–Crippen LogP) is 3.22.